The molecule has 4 aromatic rings. The number of hydrogen-bond acceptors (Lipinski definition) is 8. The highest BCUT2D eigenvalue weighted by Crippen LogP contribution is 2.40. The second kappa shape index (κ2) is 6.65. The molecule has 130 valence electrons. The average Bonchev–Trinajstić information content (AvgIpc) is 3.07. The first-order chi connectivity index (χ1) is 12.9. The average molecular weight is 382 g/mol. The van der Waals surface area contributed by atoms with Crippen molar-refractivity contribution in [3.8, 4) is 11.4 Å². The minimum Gasteiger partial charge on any atom is -0.467 e. The standard InChI is InChI=1S/C17H14N6OS2/c1-3-12(9-18-7-1)15-20-21-16(23(15)10-13-4-2-8-24-13)25-17-19-14(22-26-17)11-5-6-11/h1-4,7-9,11H,5-6,10H2. The predicted molar refractivity (Wildman–Crippen MR) is 97.1 cm³/mol. The van der Waals surface area contributed by atoms with E-state index in [2.05, 4.69) is 24.5 Å². The SMILES string of the molecule is c1cncc(-c2nnc(Sc3nc(C4CC4)ns3)n2Cc2ccco2)c1. The first-order valence-electron chi connectivity index (χ1n) is 8.24. The molecule has 0 spiro atoms. The molecule has 7 nitrogen and oxygen atoms in total. The summed E-state index contributed by atoms with van der Waals surface area (Å²) in [6, 6.07) is 7.68. The van der Waals surface area contributed by atoms with Gasteiger partial charge in [-0.1, -0.05) is 0 Å². The first-order valence-corrected chi connectivity index (χ1v) is 9.83. The summed E-state index contributed by atoms with van der Waals surface area (Å²) in [5, 5.41) is 9.53. The Balaban J connectivity index is 1.50. The third kappa shape index (κ3) is 3.15. The zero-order valence-corrected chi connectivity index (χ0v) is 15.3. The minimum atomic E-state index is 0.543. The summed E-state index contributed by atoms with van der Waals surface area (Å²) >= 11 is 2.91. The number of rotatable bonds is 6. The quantitative estimate of drug-likeness (QED) is 0.501. The maximum absolute atomic E-state index is 5.52. The fourth-order valence-electron chi connectivity index (χ4n) is 2.62. The molecule has 26 heavy (non-hydrogen) atoms. The fraction of sp³-hybridized carbons (Fsp3) is 0.235. The molecule has 0 amide bonds. The van der Waals surface area contributed by atoms with Crippen molar-refractivity contribution in [3.63, 3.8) is 0 Å². The molecule has 0 aromatic carbocycles. The molecule has 1 aliphatic carbocycles. The lowest BCUT2D eigenvalue weighted by molar-refractivity contribution is 0.485. The van der Waals surface area contributed by atoms with E-state index in [0.29, 0.717) is 12.5 Å². The molecule has 0 aliphatic heterocycles. The van der Waals surface area contributed by atoms with Crippen LogP contribution in [-0.4, -0.2) is 29.1 Å². The highest BCUT2D eigenvalue weighted by molar-refractivity contribution is 8.00. The largest absolute Gasteiger partial charge is 0.467 e. The van der Waals surface area contributed by atoms with E-state index in [1.54, 1.807) is 18.7 Å². The van der Waals surface area contributed by atoms with Crippen molar-refractivity contribution >= 4 is 23.3 Å². The Morgan fingerprint density at radius 1 is 1.23 bits per heavy atom. The van der Waals surface area contributed by atoms with Crippen LogP contribution in [0.4, 0.5) is 0 Å². The van der Waals surface area contributed by atoms with Gasteiger partial charge in [0.25, 0.3) is 0 Å². The van der Waals surface area contributed by atoms with Gasteiger partial charge in [-0.25, -0.2) is 4.98 Å². The first kappa shape index (κ1) is 15.7. The van der Waals surface area contributed by atoms with E-state index in [-0.39, 0.29) is 0 Å². The van der Waals surface area contributed by atoms with Gasteiger partial charge in [-0.05, 0) is 60.4 Å². The summed E-state index contributed by atoms with van der Waals surface area (Å²) in [4.78, 5) is 8.83. The molecule has 1 fully saturated rings. The van der Waals surface area contributed by atoms with Crippen molar-refractivity contribution < 1.29 is 4.42 Å². The van der Waals surface area contributed by atoms with Gasteiger partial charge in [0.05, 0.1) is 12.8 Å². The van der Waals surface area contributed by atoms with Gasteiger partial charge in [0.1, 0.15) is 11.6 Å². The van der Waals surface area contributed by atoms with Gasteiger partial charge in [0.15, 0.2) is 15.3 Å². The van der Waals surface area contributed by atoms with Crippen LogP contribution in [0.1, 0.15) is 30.3 Å². The van der Waals surface area contributed by atoms with Crippen LogP contribution in [0, 0.1) is 0 Å². The second-order valence-corrected chi connectivity index (χ2v) is 7.97. The number of nitrogens with zero attached hydrogens (tertiary/aromatic N) is 6. The van der Waals surface area contributed by atoms with Crippen LogP contribution in [0.5, 0.6) is 0 Å². The summed E-state index contributed by atoms with van der Waals surface area (Å²) < 4.78 is 12.9. The van der Waals surface area contributed by atoms with E-state index in [1.165, 1.54) is 36.1 Å². The van der Waals surface area contributed by atoms with Crippen LogP contribution in [0.15, 0.2) is 56.8 Å². The predicted octanol–water partition coefficient (Wildman–Crippen LogP) is 3.86. The molecule has 9 heteroatoms. The second-order valence-electron chi connectivity index (χ2n) is 6.01. The molecule has 0 radical (unpaired) electrons. The topological polar surface area (TPSA) is 82.5 Å². The van der Waals surface area contributed by atoms with Gasteiger partial charge in [-0.2, -0.15) is 4.37 Å². The van der Waals surface area contributed by atoms with Gasteiger partial charge >= 0.3 is 0 Å². The third-order valence-electron chi connectivity index (χ3n) is 4.07. The number of furan rings is 1. The van der Waals surface area contributed by atoms with Crippen LogP contribution in [0.2, 0.25) is 0 Å². The van der Waals surface area contributed by atoms with E-state index in [4.69, 9.17) is 4.42 Å². The maximum Gasteiger partial charge on any atom is 0.199 e. The van der Waals surface area contributed by atoms with Crippen LogP contribution in [-0.2, 0) is 6.54 Å². The molecule has 1 saturated carbocycles. The monoisotopic (exact) mass is 382 g/mol. The zero-order valence-electron chi connectivity index (χ0n) is 13.6. The van der Waals surface area contributed by atoms with Gasteiger partial charge in [0, 0.05) is 23.9 Å². The highest BCUT2D eigenvalue weighted by Gasteiger charge is 2.28. The van der Waals surface area contributed by atoms with Crippen LogP contribution in [0.3, 0.4) is 0 Å². The van der Waals surface area contributed by atoms with Gasteiger partial charge in [0.2, 0.25) is 0 Å². The van der Waals surface area contributed by atoms with E-state index >= 15 is 0 Å². The number of aromatic nitrogens is 6. The van der Waals surface area contributed by atoms with Crippen molar-refractivity contribution in [1.29, 1.82) is 0 Å². The maximum atomic E-state index is 5.52. The Morgan fingerprint density at radius 2 is 2.19 bits per heavy atom. The smallest absolute Gasteiger partial charge is 0.199 e. The Labute approximate surface area is 157 Å². The molecule has 4 heterocycles. The Morgan fingerprint density at radius 3 is 2.96 bits per heavy atom. The summed E-state index contributed by atoms with van der Waals surface area (Å²) in [5.74, 6) is 3.10. The van der Waals surface area contributed by atoms with E-state index in [9.17, 15) is 0 Å². The van der Waals surface area contributed by atoms with Crippen molar-refractivity contribution in [2.24, 2.45) is 0 Å². The van der Waals surface area contributed by atoms with E-state index < -0.39 is 0 Å². The fourth-order valence-corrected chi connectivity index (χ4v) is 4.24. The minimum absolute atomic E-state index is 0.543. The lowest BCUT2D eigenvalue weighted by atomic mass is 10.2. The normalized spacial score (nSPS) is 14.0. The third-order valence-corrected chi connectivity index (χ3v) is 5.82. The molecule has 0 atom stereocenters. The molecular weight excluding hydrogens is 368 g/mol. The van der Waals surface area contributed by atoms with Crippen LogP contribution in [0.25, 0.3) is 11.4 Å². The molecule has 1 aliphatic rings. The Kier molecular flexibility index (Phi) is 4.02. The molecule has 5 rings (SSSR count). The van der Waals surface area contributed by atoms with Crippen LogP contribution < -0.4 is 0 Å². The Bertz CT molecular complexity index is 1010. The Hall–Kier alpha value is -2.52. The number of hydrogen-bond donors (Lipinski definition) is 0. The summed E-state index contributed by atoms with van der Waals surface area (Å²) in [6.07, 6.45) is 7.59. The molecule has 0 N–H and O–H groups in total. The van der Waals surface area contributed by atoms with Crippen molar-refractivity contribution in [2.75, 3.05) is 0 Å². The lowest BCUT2D eigenvalue weighted by Gasteiger charge is -2.07. The summed E-state index contributed by atoms with van der Waals surface area (Å²) in [5.41, 5.74) is 0.911. The molecule has 0 saturated heterocycles. The highest BCUT2D eigenvalue weighted by atomic mass is 32.2. The zero-order chi connectivity index (χ0) is 17.3. The lowest BCUT2D eigenvalue weighted by Crippen LogP contribution is -2.03. The molecular formula is C17H14N6OS2. The molecule has 0 bridgehead atoms. The van der Waals surface area contributed by atoms with E-state index in [1.807, 2.05) is 28.8 Å². The van der Waals surface area contributed by atoms with Gasteiger partial charge < -0.3 is 4.42 Å². The van der Waals surface area contributed by atoms with Crippen molar-refractivity contribution in [2.45, 2.75) is 34.8 Å². The molecule has 0 unspecified atom stereocenters. The van der Waals surface area contributed by atoms with Gasteiger partial charge in [-0.15, -0.1) is 10.2 Å². The van der Waals surface area contributed by atoms with Gasteiger partial charge in [-0.3, -0.25) is 9.55 Å². The summed E-state index contributed by atoms with van der Waals surface area (Å²) in [7, 11) is 0. The summed E-state index contributed by atoms with van der Waals surface area (Å²) in [6.45, 7) is 0.543. The van der Waals surface area contributed by atoms with E-state index in [0.717, 1.165) is 32.5 Å². The number of pyridine rings is 1. The van der Waals surface area contributed by atoms with Crippen molar-refractivity contribution in [1.82, 2.24) is 29.1 Å². The van der Waals surface area contributed by atoms with Crippen molar-refractivity contribution in [3.05, 3.63) is 54.5 Å². The molecule has 4 aromatic heterocycles. The van der Waals surface area contributed by atoms with Crippen LogP contribution >= 0.6 is 23.3 Å².